The van der Waals surface area contributed by atoms with Gasteiger partial charge < -0.3 is 29.4 Å². The largest absolute Gasteiger partial charge is 0.497 e. The van der Waals surface area contributed by atoms with Crippen LogP contribution in [0.5, 0.6) is 11.5 Å². The van der Waals surface area contributed by atoms with Gasteiger partial charge in [-0.3, -0.25) is 4.90 Å². The van der Waals surface area contributed by atoms with Crippen LogP contribution >= 0.6 is 11.6 Å². The lowest BCUT2D eigenvalue weighted by Gasteiger charge is -2.39. The second kappa shape index (κ2) is 11.2. The van der Waals surface area contributed by atoms with Gasteiger partial charge in [0.05, 0.1) is 32.2 Å². The summed E-state index contributed by atoms with van der Waals surface area (Å²) in [4.78, 5) is 17.3. The monoisotopic (exact) mass is 484 g/mol. The SMILES string of the molecule is COc1ccc(N2CCN(C(CNC(=O)Nc3cc(Cl)ccc3OC)c3ccco3)CC2)cc1. The Labute approximate surface area is 204 Å². The summed E-state index contributed by atoms with van der Waals surface area (Å²) in [6.45, 7) is 3.81. The van der Waals surface area contributed by atoms with Crippen molar-refractivity contribution in [1.29, 1.82) is 0 Å². The first-order chi connectivity index (χ1) is 16.6. The van der Waals surface area contributed by atoms with E-state index in [0.717, 1.165) is 37.7 Å². The second-order valence-corrected chi connectivity index (χ2v) is 8.37. The number of nitrogens with zero attached hydrogens (tertiary/aromatic N) is 2. The van der Waals surface area contributed by atoms with E-state index in [9.17, 15) is 4.79 Å². The van der Waals surface area contributed by atoms with Crippen molar-refractivity contribution in [2.24, 2.45) is 0 Å². The fourth-order valence-corrected chi connectivity index (χ4v) is 4.28. The van der Waals surface area contributed by atoms with E-state index in [4.69, 9.17) is 25.5 Å². The molecule has 1 aromatic heterocycles. The molecule has 2 amide bonds. The first-order valence-corrected chi connectivity index (χ1v) is 11.5. The average molecular weight is 485 g/mol. The molecule has 8 nitrogen and oxygen atoms in total. The minimum Gasteiger partial charge on any atom is -0.497 e. The van der Waals surface area contributed by atoms with Crippen molar-refractivity contribution >= 4 is 29.0 Å². The zero-order valence-electron chi connectivity index (χ0n) is 19.3. The van der Waals surface area contributed by atoms with E-state index in [-0.39, 0.29) is 12.1 Å². The highest BCUT2D eigenvalue weighted by Gasteiger charge is 2.27. The van der Waals surface area contributed by atoms with Gasteiger partial charge in [-0.2, -0.15) is 0 Å². The molecule has 0 spiro atoms. The summed E-state index contributed by atoms with van der Waals surface area (Å²) in [5.74, 6) is 2.20. The van der Waals surface area contributed by atoms with Gasteiger partial charge in [0, 0.05) is 43.4 Å². The minimum atomic E-state index is -0.339. The first kappa shape index (κ1) is 23.8. The molecule has 34 heavy (non-hydrogen) atoms. The number of hydrogen-bond donors (Lipinski definition) is 2. The van der Waals surface area contributed by atoms with Crippen molar-refractivity contribution in [3.63, 3.8) is 0 Å². The fraction of sp³-hybridized carbons (Fsp3) is 0.320. The van der Waals surface area contributed by atoms with Crippen LogP contribution < -0.4 is 25.0 Å². The van der Waals surface area contributed by atoms with Crippen molar-refractivity contribution in [2.75, 3.05) is 57.2 Å². The standard InChI is InChI=1S/C25H29ClN4O4/c1-32-20-8-6-19(7-9-20)29-11-13-30(14-12-29)22(24-4-3-15-34-24)17-27-25(31)28-21-16-18(26)5-10-23(21)33-2/h3-10,15-16,22H,11-14,17H2,1-2H3,(H2,27,28,31). The van der Waals surface area contributed by atoms with Gasteiger partial charge in [-0.15, -0.1) is 0 Å². The van der Waals surface area contributed by atoms with E-state index >= 15 is 0 Å². The second-order valence-electron chi connectivity index (χ2n) is 7.93. The van der Waals surface area contributed by atoms with Gasteiger partial charge in [-0.1, -0.05) is 11.6 Å². The summed E-state index contributed by atoms with van der Waals surface area (Å²) in [6.07, 6.45) is 1.66. The quantitative estimate of drug-likeness (QED) is 0.485. The summed E-state index contributed by atoms with van der Waals surface area (Å²) < 4.78 is 16.3. The third-order valence-electron chi connectivity index (χ3n) is 5.93. The van der Waals surface area contributed by atoms with Crippen molar-refractivity contribution < 1.29 is 18.7 Å². The molecule has 0 aliphatic carbocycles. The molecule has 4 rings (SSSR count). The van der Waals surface area contributed by atoms with E-state index in [1.165, 1.54) is 5.69 Å². The summed E-state index contributed by atoms with van der Waals surface area (Å²) in [5.41, 5.74) is 1.68. The molecule has 1 saturated heterocycles. The Balaban J connectivity index is 1.37. The Hall–Kier alpha value is -3.36. The molecule has 0 saturated carbocycles. The van der Waals surface area contributed by atoms with Crippen LogP contribution in [0.1, 0.15) is 11.8 Å². The Kier molecular flexibility index (Phi) is 7.82. The third kappa shape index (κ3) is 5.76. The van der Waals surface area contributed by atoms with Crippen LogP contribution in [0, 0.1) is 0 Å². The minimum absolute atomic E-state index is 0.0833. The third-order valence-corrected chi connectivity index (χ3v) is 6.17. The first-order valence-electron chi connectivity index (χ1n) is 11.1. The van der Waals surface area contributed by atoms with Crippen molar-refractivity contribution in [3.8, 4) is 11.5 Å². The number of benzene rings is 2. The van der Waals surface area contributed by atoms with Gasteiger partial charge in [-0.05, 0) is 54.6 Å². The molecule has 2 N–H and O–H groups in total. The Morgan fingerprint density at radius 3 is 2.47 bits per heavy atom. The molecule has 9 heteroatoms. The molecule has 1 fully saturated rings. The maximum atomic E-state index is 12.6. The number of furan rings is 1. The van der Waals surface area contributed by atoms with Crippen molar-refractivity contribution in [2.45, 2.75) is 6.04 Å². The molecular formula is C25H29ClN4O4. The molecule has 180 valence electrons. The lowest BCUT2D eigenvalue weighted by Crippen LogP contribution is -2.50. The number of amides is 2. The molecule has 3 aromatic rings. The summed E-state index contributed by atoms with van der Waals surface area (Å²) in [6, 6.07) is 16.6. The highest BCUT2D eigenvalue weighted by Crippen LogP contribution is 2.28. The topological polar surface area (TPSA) is 79.2 Å². The van der Waals surface area contributed by atoms with Crippen LogP contribution in [0.3, 0.4) is 0 Å². The number of carbonyl (C=O) groups excluding carboxylic acids is 1. The normalized spacial score (nSPS) is 15.0. The maximum Gasteiger partial charge on any atom is 0.319 e. The van der Waals surface area contributed by atoms with E-state index < -0.39 is 0 Å². The molecular weight excluding hydrogens is 456 g/mol. The van der Waals surface area contributed by atoms with E-state index in [0.29, 0.717) is 23.0 Å². The number of methoxy groups -OCH3 is 2. The van der Waals surface area contributed by atoms with Crippen LogP contribution in [-0.4, -0.2) is 57.9 Å². The van der Waals surface area contributed by atoms with Gasteiger partial charge >= 0.3 is 6.03 Å². The Bertz CT molecular complexity index is 1070. The van der Waals surface area contributed by atoms with Crippen LogP contribution in [0.4, 0.5) is 16.2 Å². The number of piperazine rings is 1. The fourth-order valence-electron chi connectivity index (χ4n) is 4.11. The van der Waals surface area contributed by atoms with Gasteiger partial charge in [-0.25, -0.2) is 4.79 Å². The van der Waals surface area contributed by atoms with Crippen molar-refractivity contribution in [3.05, 3.63) is 71.6 Å². The number of anilines is 2. The lowest BCUT2D eigenvalue weighted by atomic mass is 10.1. The van der Waals surface area contributed by atoms with Gasteiger partial charge in [0.15, 0.2) is 0 Å². The summed E-state index contributed by atoms with van der Waals surface area (Å²) in [5, 5.41) is 6.30. The number of rotatable bonds is 8. The molecule has 0 radical (unpaired) electrons. The average Bonchev–Trinajstić information content (AvgIpc) is 3.39. The molecule has 1 atom stereocenters. The smallest absolute Gasteiger partial charge is 0.319 e. The molecule has 2 aromatic carbocycles. The van der Waals surface area contributed by atoms with Gasteiger partial charge in [0.1, 0.15) is 17.3 Å². The summed E-state index contributed by atoms with van der Waals surface area (Å²) in [7, 11) is 3.22. The van der Waals surface area contributed by atoms with E-state index in [1.54, 1.807) is 38.7 Å². The number of nitrogens with one attached hydrogen (secondary N) is 2. The van der Waals surface area contributed by atoms with Crippen LogP contribution in [0.25, 0.3) is 0 Å². The molecule has 1 aliphatic heterocycles. The zero-order valence-corrected chi connectivity index (χ0v) is 20.0. The van der Waals surface area contributed by atoms with Crippen LogP contribution in [0.2, 0.25) is 5.02 Å². The Morgan fingerprint density at radius 2 is 1.82 bits per heavy atom. The number of halogens is 1. The van der Waals surface area contributed by atoms with Gasteiger partial charge in [0.25, 0.3) is 0 Å². The number of hydrogen-bond acceptors (Lipinski definition) is 6. The zero-order chi connectivity index (χ0) is 23.9. The lowest BCUT2D eigenvalue weighted by molar-refractivity contribution is 0.162. The molecule has 0 bridgehead atoms. The molecule has 2 heterocycles. The predicted octanol–water partition coefficient (Wildman–Crippen LogP) is 4.64. The van der Waals surface area contributed by atoms with Crippen LogP contribution in [-0.2, 0) is 0 Å². The number of urea groups is 1. The van der Waals surface area contributed by atoms with E-state index in [2.05, 4.69) is 32.6 Å². The number of carbonyl (C=O) groups is 1. The van der Waals surface area contributed by atoms with Crippen LogP contribution in [0.15, 0.2) is 65.3 Å². The molecule has 1 unspecified atom stereocenters. The highest BCUT2D eigenvalue weighted by molar-refractivity contribution is 6.31. The van der Waals surface area contributed by atoms with E-state index in [1.807, 2.05) is 24.3 Å². The van der Waals surface area contributed by atoms with Crippen molar-refractivity contribution in [1.82, 2.24) is 10.2 Å². The predicted molar refractivity (Wildman–Crippen MR) is 133 cm³/mol. The highest BCUT2D eigenvalue weighted by atomic mass is 35.5. The Morgan fingerprint density at radius 1 is 1.06 bits per heavy atom. The maximum absolute atomic E-state index is 12.6. The summed E-state index contributed by atoms with van der Waals surface area (Å²) >= 11 is 6.07. The number of ether oxygens (including phenoxy) is 2. The molecule has 1 aliphatic rings. The van der Waals surface area contributed by atoms with Gasteiger partial charge in [0.2, 0.25) is 0 Å².